The summed E-state index contributed by atoms with van der Waals surface area (Å²) in [4.78, 5) is 29.6. The van der Waals surface area contributed by atoms with E-state index < -0.39 is 16.5 Å². The highest BCUT2D eigenvalue weighted by molar-refractivity contribution is 6.32. The number of carbonyl (C=O) groups excluding carboxylic acids is 1. The van der Waals surface area contributed by atoms with Gasteiger partial charge in [0, 0.05) is 6.20 Å². The Morgan fingerprint density at radius 1 is 1.62 bits per heavy atom. The van der Waals surface area contributed by atoms with Crippen molar-refractivity contribution in [3.63, 3.8) is 0 Å². The number of aromatic nitrogens is 4. The van der Waals surface area contributed by atoms with Crippen LogP contribution in [0.5, 0.6) is 6.01 Å². The Labute approximate surface area is 122 Å². The molecule has 0 aliphatic rings. The van der Waals surface area contributed by atoms with Crippen molar-refractivity contribution in [1.29, 1.82) is 0 Å². The normalized spacial score (nSPS) is 10.2. The first kappa shape index (κ1) is 14.7. The summed E-state index contributed by atoms with van der Waals surface area (Å²) in [6.07, 6.45) is 1.19. The van der Waals surface area contributed by atoms with Crippen molar-refractivity contribution in [2.75, 3.05) is 11.9 Å². The highest BCUT2D eigenvalue weighted by Gasteiger charge is 2.25. The van der Waals surface area contributed by atoms with Crippen LogP contribution in [0.2, 0.25) is 5.15 Å². The van der Waals surface area contributed by atoms with Gasteiger partial charge in [-0.1, -0.05) is 11.6 Å². The number of ether oxygens (including phenoxy) is 1. The van der Waals surface area contributed by atoms with Gasteiger partial charge in [0.05, 0.1) is 11.5 Å². The van der Waals surface area contributed by atoms with Crippen molar-refractivity contribution in [3.05, 3.63) is 33.1 Å². The number of anilines is 1. The van der Waals surface area contributed by atoms with Gasteiger partial charge in [-0.25, -0.2) is 10.1 Å². The molecule has 1 amide bonds. The summed E-state index contributed by atoms with van der Waals surface area (Å²) in [6.45, 7) is 2.10. The van der Waals surface area contributed by atoms with Crippen LogP contribution in [0, 0.1) is 10.1 Å². The average molecular weight is 313 g/mol. The van der Waals surface area contributed by atoms with Gasteiger partial charge in [0.2, 0.25) is 11.1 Å². The zero-order chi connectivity index (χ0) is 15.4. The van der Waals surface area contributed by atoms with Crippen LogP contribution in [-0.4, -0.2) is 37.6 Å². The van der Waals surface area contributed by atoms with Gasteiger partial charge in [0.25, 0.3) is 5.91 Å². The predicted octanol–water partition coefficient (Wildman–Crippen LogP) is 1.41. The van der Waals surface area contributed by atoms with E-state index in [2.05, 4.69) is 25.5 Å². The SMILES string of the molecule is CCOc1n[nH]c(NC(=O)c2ccnc(Cl)c2[N+](=O)[O-])n1. The van der Waals surface area contributed by atoms with E-state index >= 15 is 0 Å². The lowest BCUT2D eigenvalue weighted by molar-refractivity contribution is -0.385. The van der Waals surface area contributed by atoms with E-state index in [1.165, 1.54) is 12.3 Å². The minimum atomic E-state index is -0.781. The van der Waals surface area contributed by atoms with Gasteiger partial charge in [-0.05, 0) is 13.0 Å². The maximum Gasteiger partial charge on any atom is 0.337 e. The molecule has 0 bridgehead atoms. The van der Waals surface area contributed by atoms with E-state index in [4.69, 9.17) is 16.3 Å². The molecule has 2 aromatic heterocycles. The Kier molecular flexibility index (Phi) is 4.28. The molecule has 0 fully saturated rings. The standard InChI is InChI=1S/C10H9ClN6O4/c1-2-21-10-14-9(15-16-10)13-8(18)5-3-4-12-7(11)6(5)17(19)20/h3-4H,2H2,1H3,(H2,13,14,15,16,18). The fraction of sp³-hybridized carbons (Fsp3) is 0.200. The van der Waals surface area contributed by atoms with E-state index in [0.717, 1.165) is 0 Å². The monoisotopic (exact) mass is 312 g/mol. The number of H-pyrrole nitrogens is 1. The number of amides is 1. The van der Waals surface area contributed by atoms with Crippen molar-refractivity contribution >= 4 is 29.1 Å². The molecule has 0 spiro atoms. The third kappa shape index (κ3) is 3.23. The summed E-state index contributed by atoms with van der Waals surface area (Å²) in [5.41, 5.74) is -0.824. The zero-order valence-electron chi connectivity index (χ0n) is 10.7. The predicted molar refractivity (Wildman–Crippen MR) is 71.4 cm³/mol. The number of nitro groups is 1. The van der Waals surface area contributed by atoms with Crippen molar-refractivity contribution in [3.8, 4) is 6.01 Å². The molecule has 2 rings (SSSR count). The minimum Gasteiger partial charge on any atom is -0.463 e. The number of pyridine rings is 1. The van der Waals surface area contributed by atoms with Crippen LogP contribution in [0.3, 0.4) is 0 Å². The summed E-state index contributed by atoms with van der Waals surface area (Å²) in [6, 6.07) is 1.23. The first-order valence-corrected chi connectivity index (χ1v) is 6.06. The Morgan fingerprint density at radius 2 is 2.38 bits per heavy atom. The Balaban J connectivity index is 2.24. The van der Waals surface area contributed by atoms with E-state index in [0.29, 0.717) is 6.61 Å². The largest absolute Gasteiger partial charge is 0.463 e. The second-order valence-corrected chi connectivity index (χ2v) is 3.97. The molecule has 0 saturated carbocycles. The Morgan fingerprint density at radius 3 is 3.05 bits per heavy atom. The number of hydrogen-bond acceptors (Lipinski definition) is 7. The molecule has 0 saturated heterocycles. The summed E-state index contributed by atoms with van der Waals surface area (Å²) in [5.74, 6) is -0.782. The number of carbonyl (C=O) groups is 1. The molecule has 0 aromatic carbocycles. The second-order valence-electron chi connectivity index (χ2n) is 3.61. The molecule has 2 aromatic rings. The molecule has 0 aliphatic carbocycles. The van der Waals surface area contributed by atoms with Crippen molar-refractivity contribution in [2.24, 2.45) is 0 Å². The molecule has 21 heavy (non-hydrogen) atoms. The quantitative estimate of drug-likeness (QED) is 0.484. The molecular formula is C10H9ClN6O4. The van der Waals surface area contributed by atoms with Crippen molar-refractivity contribution < 1.29 is 14.5 Å². The molecule has 10 nitrogen and oxygen atoms in total. The maximum absolute atomic E-state index is 12.0. The second kappa shape index (κ2) is 6.13. The molecule has 110 valence electrons. The minimum absolute atomic E-state index is 0.00863. The first-order chi connectivity index (χ1) is 10.0. The number of rotatable bonds is 5. The molecular weight excluding hydrogens is 304 g/mol. The molecule has 0 unspecified atom stereocenters. The van der Waals surface area contributed by atoms with Crippen LogP contribution in [0.25, 0.3) is 0 Å². The number of nitrogens with zero attached hydrogens (tertiary/aromatic N) is 4. The number of halogens is 1. The summed E-state index contributed by atoms with van der Waals surface area (Å²) in [5, 5.41) is 19.0. The third-order valence-electron chi connectivity index (χ3n) is 2.28. The average Bonchev–Trinajstić information content (AvgIpc) is 2.85. The third-order valence-corrected chi connectivity index (χ3v) is 2.55. The first-order valence-electron chi connectivity index (χ1n) is 5.68. The summed E-state index contributed by atoms with van der Waals surface area (Å²) < 4.78 is 5.01. The van der Waals surface area contributed by atoms with Gasteiger partial charge in [-0.3, -0.25) is 20.2 Å². The van der Waals surface area contributed by atoms with E-state index in [1.54, 1.807) is 6.92 Å². The van der Waals surface area contributed by atoms with Crippen LogP contribution in [-0.2, 0) is 0 Å². The smallest absolute Gasteiger partial charge is 0.337 e. The molecule has 11 heteroatoms. The molecule has 2 N–H and O–H groups in total. The van der Waals surface area contributed by atoms with Gasteiger partial charge >= 0.3 is 11.7 Å². The van der Waals surface area contributed by atoms with Crippen LogP contribution >= 0.6 is 11.6 Å². The van der Waals surface area contributed by atoms with Gasteiger partial charge in [-0.15, -0.1) is 5.10 Å². The highest BCUT2D eigenvalue weighted by Crippen LogP contribution is 2.26. The van der Waals surface area contributed by atoms with Crippen molar-refractivity contribution in [1.82, 2.24) is 20.2 Å². The topological polar surface area (TPSA) is 136 Å². The molecule has 0 aliphatic heterocycles. The fourth-order valence-electron chi connectivity index (χ4n) is 1.46. The van der Waals surface area contributed by atoms with Gasteiger partial charge in [0.15, 0.2) is 0 Å². The van der Waals surface area contributed by atoms with Gasteiger partial charge < -0.3 is 4.74 Å². The Hall–Kier alpha value is -2.75. The van der Waals surface area contributed by atoms with E-state index in [9.17, 15) is 14.9 Å². The number of nitrogens with one attached hydrogen (secondary N) is 2. The Bertz CT molecular complexity index is 688. The number of hydrogen-bond donors (Lipinski definition) is 2. The summed E-state index contributed by atoms with van der Waals surface area (Å²) >= 11 is 5.63. The van der Waals surface area contributed by atoms with Crippen LogP contribution in [0.4, 0.5) is 11.6 Å². The van der Waals surface area contributed by atoms with Crippen LogP contribution < -0.4 is 10.1 Å². The van der Waals surface area contributed by atoms with Gasteiger partial charge in [0.1, 0.15) is 5.56 Å². The zero-order valence-corrected chi connectivity index (χ0v) is 11.4. The van der Waals surface area contributed by atoms with Crippen molar-refractivity contribution in [2.45, 2.75) is 6.92 Å². The molecule has 0 atom stereocenters. The highest BCUT2D eigenvalue weighted by atomic mass is 35.5. The summed E-state index contributed by atoms with van der Waals surface area (Å²) in [7, 11) is 0. The van der Waals surface area contributed by atoms with E-state index in [-0.39, 0.29) is 22.7 Å². The fourth-order valence-corrected chi connectivity index (χ4v) is 1.68. The lowest BCUT2D eigenvalue weighted by Gasteiger charge is -2.03. The van der Waals surface area contributed by atoms with Crippen LogP contribution in [0.1, 0.15) is 17.3 Å². The molecule has 0 radical (unpaired) electrons. The van der Waals surface area contributed by atoms with E-state index in [1.807, 2.05) is 0 Å². The maximum atomic E-state index is 12.0. The van der Waals surface area contributed by atoms with Crippen LogP contribution in [0.15, 0.2) is 12.3 Å². The number of aromatic amines is 1. The lowest BCUT2D eigenvalue weighted by atomic mass is 10.2. The van der Waals surface area contributed by atoms with Gasteiger partial charge in [-0.2, -0.15) is 4.98 Å². The molecule has 2 heterocycles. The lowest BCUT2D eigenvalue weighted by Crippen LogP contribution is -2.15.